The molecule has 3 heterocycles. The summed E-state index contributed by atoms with van der Waals surface area (Å²) in [6, 6.07) is 5.57. The van der Waals surface area contributed by atoms with Gasteiger partial charge >= 0.3 is 6.03 Å². The highest BCUT2D eigenvalue weighted by atomic mass is 35.5. The van der Waals surface area contributed by atoms with Crippen LogP contribution in [0.1, 0.15) is 35.2 Å². The predicted octanol–water partition coefficient (Wildman–Crippen LogP) is 3.74. The summed E-state index contributed by atoms with van der Waals surface area (Å²) < 4.78 is 6.04. The van der Waals surface area contributed by atoms with E-state index in [0.29, 0.717) is 6.54 Å². The summed E-state index contributed by atoms with van der Waals surface area (Å²) in [5.41, 5.74) is 0.838. The standard InChI is InChI=1S/C14H16ClN3O2S/c1-9-7-12(20-17-9)11-3-2-6-18(11)14(19)16-8-10-4-5-13(15)21-10/h4-5,7,11H,2-3,6,8H2,1H3,(H,16,19)/t11-/m0/s1. The SMILES string of the molecule is Cc1cc([C@@H]2CCCN2C(=O)NCc2ccc(Cl)s2)on1. The molecule has 21 heavy (non-hydrogen) atoms. The lowest BCUT2D eigenvalue weighted by molar-refractivity contribution is 0.182. The van der Waals surface area contributed by atoms with Crippen LogP contribution in [-0.4, -0.2) is 22.6 Å². The van der Waals surface area contributed by atoms with Gasteiger partial charge in [0.2, 0.25) is 0 Å². The van der Waals surface area contributed by atoms with E-state index < -0.39 is 0 Å². The fourth-order valence-electron chi connectivity index (χ4n) is 2.56. The number of aryl methyl sites for hydroxylation is 1. The van der Waals surface area contributed by atoms with Crippen molar-refractivity contribution in [2.24, 2.45) is 0 Å². The van der Waals surface area contributed by atoms with Crippen LogP contribution in [0.15, 0.2) is 22.7 Å². The summed E-state index contributed by atoms with van der Waals surface area (Å²) >= 11 is 7.36. The number of nitrogens with one attached hydrogen (secondary N) is 1. The van der Waals surface area contributed by atoms with E-state index in [9.17, 15) is 4.79 Å². The first-order valence-electron chi connectivity index (χ1n) is 6.85. The van der Waals surface area contributed by atoms with Gasteiger partial charge in [0.15, 0.2) is 5.76 Å². The van der Waals surface area contributed by atoms with Crippen molar-refractivity contribution in [1.82, 2.24) is 15.4 Å². The molecule has 1 fully saturated rings. The van der Waals surface area contributed by atoms with Gasteiger partial charge in [0.25, 0.3) is 0 Å². The lowest BCUT2D eigenvalue weighted by Crippen LogP contribution is -2.38. The Hall–Kier alpha value is -1.53. The van der Waals surface area contributed by atoms with Gasteiger partial charge in [-0.1, -0.05) is 16.8 Å². The maximum atomic E-state index is 12.3. The van der Waals surface area contributed by atoms with E-state index in [1.807, 2.05) is 30.0 Å². The Balaban J connectivity index is 1.63. The second-order valence-electron chi connectivity index (χ2n) is 5.09. The highest BCUT2D eigenvalue weighted by Gasteiger charge is 2.32. The number of nitrogens with zero attached hydrogens (tertiary/aromatic N) is 2. The third-order valence-electron chi connectivity index (χ3n) is 3.53. The van der Waals surface area contributed by atoms with Gasteiger partial charge < -0.3 is 14.7 Å². The highest BCUT2D eigenvalue weighted by Crippen LogP contribution is 2.32. The molecule has 2 aromatic heterocycles. The number of hydrogen-bond acceptors (Lipinski definition) is 4. The van der Waals surface area contributed by atoms with Gasteiger partial charge in [-0.05, 0) is 31.9 Å². The van der Waals surface area contributed by atoms with Crippen molar-refractivity contribution < 1.29 is 9.32 Å². The van der Waals surface area contributed by atoms with Gasteiger partial charge in [0.1, 0.15) is 0 Å². The topological polar surface area (TPSA) is 58.4 Å². The molecule has 7 heteroatoms. The molecule has 0 aliphatic carbocycles. The highest BCUT2D eigenvalue weighted by molar-refractivity contribution is 7.16. The fourth-order valence-corrected chi connectivity index (χ4v) is 3.58. The Morgan fingerprint density at radius 3 is 3.14 bits per heavy atom. The average Bonchev–Trinajstić information content (AvgIpc) is 3.16. The molecule has 0 spiro atoms. The molecule has 0 unspecified atom stereocenters. The molecule has 3 rings (SSSR count). The summed E-state index contributed by atoms with van der Waals surface area (Å²) in [6.45, 7) is 3.11. The van der Waals surface area contributed by atoms with Crippen LogP contribution in [0.4, 0.5) is 4.79 Å². The van der Waals surface area contributed by atoms with E-state index in [2.05, 4.69) is 10.5 Å². The smallest absolute Gasteiger partial charge is 0.318 e. The summed E-state index contributed by atoms with van der Waals surface area (Å²) in [4.78, 5) is 15.2. The van der Waals surface area contributed by atoms with Crippen molar-refractivity contribution in [3.63, 3.8) is 0 Å². The number of aromatic nitrogens is 1. The second-order valence-corrected chi connectivity index (χ2v) is 6.89. The molecule has 0 saturated carbocycles. The van der Waals surface area contributed by atoms with Crippen LogP contribution in [0.25, 0.3) is 0 Å². The fraction of sp³-hybridized carbons (Fsp3) is 0.429. The zero-order chi connectivity index (χ0) is 14.8. The average molecular weight is 326 g/mol. The molecule has 1 aliphatic heterocycles. The Morgan fingerprint density at radius 1 is 1.62 bits per heavy atom. The van der Waals surface area contributed by atoms with Gasteiger partial charge in [-0.3, -0.25) is 0 Å². The third kappa shape index (κ3) is 3.22. The van der Waals surface area contributed by atoms with Crippen LogP contribution in [-0.2, 0) is 6.54 Å². The lowest BCUT2D eigenvalue weighted by atomic mass is 10.1. The molecule has 0 bridgehead atoms. The zero-order valence-corrected chi connectivity index (χ0v) is 13.2. The lowest BCUT2D eigenvalue weighted by Gasteiger charge is -2.22. The molecule has 2 aromatic rings. The number of rotatable bonds is 3. The van der Waals surface area contributed by atoms with Crippen LogP contribution >= 0.6 is 22.9 Å². The van der Waals surface area contributed by atoms with Crippen molar-refractivity contribution in [2.75, 3.05) is 6.54 Å². The molecular weight excluding hydrogens is 310 g/mol. The number of urea groups is 1. The number of thiophene rings is 1. The number of hydrogen-bond donors (Lipinski definition) is 1. The van der Waals surface area contributed by atoms with Crippen LogP contribution < -0.4 is 5.32 Å². The van der Waals surface area contributed by atoms with Crippen molar-refractivity contribution >= 4 is 29.0 Å². The van der Waals surface area contributed by atoms with Gasteiger partial charge in [-0.25, -0.2) is 4.79 Å². The number of carbonyl (C=O) groups is 1. The molecule has 112 valence electrons. The minimum atomic E-state index is -0.0731. The molecule has 1 N–H and O–H groups in total. The zero-order valence-electron chi connectivity index (χ0n) is 11.6. The molecule has 2 amide bonds. The van der Waals surface area contributed by atoms with E-state index in [-0.39, 0.29) is 12.1 Å². The summed E-state index contributed by atoms with van der Waals surface area (Å²) in [5.74, 6) is 0.763. The minimum Gasteiger partial charge on any atom is -0.359 e. The van der Waals surface area contributed by atoms with Crippen molar-refractivity contribution in [1.29, 1.82) is 0 Å². The van der Waals surface area contributed by atoms with Crippen molar-refractivity contribution in [3.8, 4) is 0 Å². The Kier molecular flexibility index (Phi) is 4.17. The van der Waals surface area contributed by atoms with Gasteiger partial charge in [-0.2, -0.15) is 0 Å². The van der Waals surface area contributed by atoms with Crippen LogP contribution in [0.5, 0.6) is 0 Å². The molecule has 1 saturated heterocycles. The molecule has 0 radical (unpaired) electrons. The maximum absolute atomic E-state index is 12.3. The quantitative estimate of drug-likeness (QED) is 0.935. The summed E-state index contributed by atoms with van der Waals surface area (Å²) in [5, 5.41) is 6.84. The van der Waals surface area contributed by atoms with E-state index >= 15 is 0 Å². The molecule has 1 atom stereocenters. The number of likely N-dealkylation sites (tertiary alicyclic amines) is 1. The van der Waals surface area contributed by atoms with Gasteiger partial charge in [0, 0.05) is 17.5 Å². The first-order valence-corrected chi connectivity index (χ1v) is 8.05. The van der Waals surface area contributed by atoms with Crippen molar-refractivity contribution in [3.05, 3.63) is 38.9 Å². The van der Waals surface area contributed by atoms with Crippen molar-refractivity contribution in [2.45, 2.75) is 32.4 Å². The van der Waals surface area contributed by atoms with E-state index in [1.54, 1.807) is 0 Å². The Labute approximate surface area is 131 Å². The molecular formula is C14H16ClN3O2S. The first-order chi connectivity index (χ1) is 10.1. The largest absolute Gasteiger partial charge is 0.359 e. The number of amides is 2. The molecule has 0 aromatic carbocycles. The first kappa shape index (κ1) is 14.4. The van der Waals surface area contributed by atoms with Gasteiger partial charge in [-0.15, -0.1) is 11.3 Å². The van der Waals surface area contributed by atoms with E-state index in [4.69, 9.17) is 16.1 Å². The van der Waals surface area contributed by atoms with E-state index in [1.165, 1.54) is 11.3 Å². The van der Waals surface area contributed by atoms with Gasteiger partial charge in [0.05, 0.1) is 22.6 Å². The Morgan fingerprint density at radius 2 is 2.48 bits per heavy atom. The minimum absolute atomic E-state index is 0.0156. The maximum Gasteiger partial charge on any atom is 0.318 e. The predicted molar refractivity (Wildman–Crippen MR) is 81.5 cm³/mol. The van der Waals surface area contributed by atoms with Crippen LogP contribution in [0.2, 0.25) is 4.34 Å². The number of carbonyl (C=O) groups excluding carboxylic acids is 1. The Bertz CT molecular complexity index is 640. The monoisotopic (exact) mass is 325 g/mol. The van der Waals surface area contributed by atoms with E-state index in [0.717, 1.165) is 40.1 Å². The number of halogens is 1. The summed E-state index contributed by atoms with van der Waals surface area (Å²) in [7, 11) is 0. The third-order valence-corrected chi connectivity index (χ3v) is 4.76. The van der Waals surface area contributed by atoms with Crippen LogP contribution in [0.3, 0.4) is 0 Å². The molecule has 1 aliphatic rings. The molecule has 5 nitrogen and oxygen atoms in total. The normalized spacial score (nSPS) is 18.2. The van der Waals surface area contributed by atoms with Crippen LogP contribution in [0, 0.1) is 6.92 Å². The second kappa shape index (κ2) is 6.07. The summed E-state index contributed by atoms with van der Waals surface area (Å²) in [6.07, 6.45) is 1.88.